The largest absolute Gasteiger partial charge is 0.423 e. The lowest BCUT2D eigenvalue weighted by atomic mass is 9.86. The predicted octanol–water partition coefficient (Wildman–Crippen LogP) is 7.17. The summed E-state index contributed by atoms with van der Waals surface area (Å²) < 4.78 is 5.53. The molecule has 3 aromatic rings. The lowest BCUT2D eigenvalue weighted by molar-refractivity contribution is 0.0734. The Balaban J connectivity index is 1.70. The molecule has 3 rings (SSSR count). The molecule has 0 aromatic heterocycles. The molecule has 0 N–H and O–H groups in total. The second kappa shape index (κ2) is 7.87. The number of esters is 1. The van der Waals surface area contributed by atoms with Crippen LogP contribution in [0.1, 0.15) is 63.0 Å². The van der Waals surface area contributed by atoms with Crippen LogP contribution in [0.4, 0.5) is 0 Å². The minimum atomic E-state index is -0.344. The molecular formula is C27H30O2. The SMILES string of the molecule is CC(C)(C)c1ccc(OC(=O)c2ccc(-c3ccc(C(C)(C)C)cc3)cc2)cc1. The summed E-state index contributed by atoms with van der Waals surface area (Å²) in [5.41, 5.74) is 5.48. The minimum absolute atomic E-state index is 0.0729. The van der Waals surface area contributed by atoms with Gasteiger partial charge in [-0.25, -0.2) is 4.79 Å². The van der Waals surface area contributed by atoms with E-state index in [9.17, 15) is 4.79 Å². The van der Waals surface area contributed by atoms with E-state index in [1.807, 2.05) is 48.5 Å². The first-order valence-electron chi connectivity index (χ1n) is 10.1. The lowest BCUT2D eigenvalue weighted by Gasteiger charge is -2.19. The summed E-state index contributed by atoms with van der Waals surface area (Å²) >= 11 is 0. The normalized spacial score (nSPS) is 11.9. The third-order valence-corrected chi connectivity index (χ3v) is 5.14. The van der Waals surface area contributed by atoms with Crippen LogP contribution in [0.25, 0.3) is 11.1 Å². The Labute approximate surface area is 174 Å². The van der Waals surface area contributed by atoms with Gasteiger partial charge in [0.25, 0.3) is 0 Å². The molecule has 0 heterocycles. The summed E-state index contributed by atoms with van der Waals surface area (Å²) in [7, 11) is 0. The Hall–Kier alpha value is -2.87. The number of benzene rings is 3. The number of ether oxygens (including phenoxy) is 1. The zero-order valence-electron chi connectivity index (χ0n) is 18.2. The van der Waals surface area contributed by atoms with E-state index in [-0.39, 0.29) is 16.8 Å². The van der Waals surface area contributed by atoms with E-state index in [0.29, 0.717) is 11.3 Å². The molecule has 0 spiro atoms. The maximum atomic E-state index is 12.5. The van der Waals surface area contributed by atoms with Crippen molar-refractivity contribution in [1.82, 2.24) is 0 Å². The number of hydrogen-bond acceptors (Lipinski definition) is 2. The molecule has 0 saturated heterocycles. The maximum Gasteiger partial charge on any atom is 0.343 e. The van der Waals surface area contributed by atoms with E-state index >= 15 is 0 Å². The highest BCUT2D eigenvalue weighted by Crippen LogP contribution is 2.27. The maximum absolute atomic E-state index is 12.5. The fourth-order valence-corrected chi connectivity index (χ4v) is 3.15. The van der Waals surface area contributed by atoms with Gasteiger partial charge < -0.3 is 4.74 Å². The lowest BCUT2D eigenvalue weighted by Crippen LogP contribution is -2.11. The zero-order chi connectivity index (χ0) is 21.2. The molecule has 0 fully saturated rings. The fourth-order valence-electron chi connectivity index (χ4n) is 3.15. The molecule has 0 bridgehead atoms. The van der Waals surface area contributed by atoms with E-state index < -0.39 is 0 Å². The zero-order valence-corrected chi connectivity index (χ0v) is 18.2. The molecule has 2 heteroatoms. The first-order valence-corrected chi connectivity index (χ1v) is 10.1. The monoisotopic (exact) mass is 386 g/mol. The number of carbonyl (C=O) groups excluding carboxylic acids is 1. The molecule has 2 nitrogen and oxygen atoms in total. The minimum Gasteiger partial charge on any atom is -0.423 e. The van der Waals surface area contributed by atoms with Gasteiger partial charge in [0.1, 0.15) is 5.75 Å². The Morgan fingerprint density at radius 3 is 1.38 bits per heavy atom. The molecule has 3 aromatic carbocycles. The summed E-state index contributed by atoms with van der Waals surface area (Å²) in [6.45, 7) is 13.1. The van der Waals surface area contributed by atoms with Gasteiger partial charge in [0.05, 0.1) is 5.56 Å². The molecule has 0 saturated carbocycles. The molecule has 0 aliphatic rings. The Bertz CT molecular complexity index is 965. The van der Waals surface area contributed by atoms with Crippen LogP contribution in [0.3, 0.4) is 0 Å². The first-order chi connectivity index (χ1) is 13.5. The van der Waals surface area contributed by atoms with Crippen LogP contribution in [0.2, 0.25) is 0 Å². The van der Waals surface area contributed by atoms with Crippen molar-refractivity contribution in [2.24, 2.45) is 0 Å². The topological polar surface area (TPSA) is 26.3 Å². The van der Waals surface area contributed by atoms with E-state index in [2.05, 4.69) is 65.8 Å². The fraction of sp³-hybridized carbons (Fsp3) is 0.296. The summed E-state index contributed by atoms with van der Waals surface area (Å²) in [5, 5.41) is 0. The summed E-state index contributed by atoms with van der Waals surface area (Å²) in [4.78, 5) is 12.5. The van der Waals surface area contributed by atoms with Gasteiger partial charge in [-0.2, -0.15) is 0 Å². The van der Waals surface area contributed by atoms with Gasteiger partial charge in [0.15, 0.2) is 0 Å². The van der Waals surface area contributed by atoms with E-state index in [0.717, 1.165) is 11.1 Å². The number of rotatable bonds is 3. The van der Waals surface area contributed by atoms with E-state index in [1.54, 1.807) is 0 Å². The summed E-state index contributed by atoms with van der Waals surface area (Å²) in [6.07, 6.45) is 0. The molecule has 0 aliphatic carbocycles. The highest BCUT2D eigenvalue weighted by atomic mass is 16.5. The Morgan fingerprint density at radius 1 is 0.586 bits per heavy atom. The van der Waals surface area contributed by atoms with Crippen molar-refractivity contribution >= 4 is 5.97 Å². The van der Waals surface area contributed by atoms with Crippen molar-refractivity contribution in [3.05, 3.63) is 89.5 Å². The quantitative estimate of drug-likeness (QED) is 0.352. The second-order valence-electron chi connectivity index (χ2n) is 9.57. The van der Waals surface area contributed by atoms with Crippen molar-refractivity contribution in [1.29, 1.82) is 0 Å². The van der Waals surface area contributed by atoms with Gasteiger partial charge in [-0.3, -0.25) is 0 Å². The van der Waals surface area contributed by atoms with Crippen LogP contribution in [0.5, 0.6) is 5.75 Å². The van der Waals surface area contributed by atoms with Crippen LogP contribution in [0.15, 0.2) is 72.8 Å². The third kappa shape index (κ3) is 5.14. The molecule has 0 atom stereocenters. The highest BCUT2D eigenvalue weighted by Gasteiger charge is 2.15. The van der Waals surface area contributed by atoms with Crippen LogP contribution in [-0.2, 0) is 10.8 Å². The average Bonchev–Trinajstić information content (AvgIpc) is 2.67. The van der Waals surface area contributed by atoms with Crippen LogP contribution in [0, 0.1) is 0 Å². The van der Waals surface area contributed by atoms with Crippen molar-refractivity contribution in [3.8, 4) is 16.9 Å². The summed E-state index contributed by atoms with van der Waals surface area (Å²) in [6, 6.07) is 23.9. The Kier molecular flexibility index (Phi) is 5.66. The van der Waals surface area contributed by atoms with Gasteiger partial charge in [-0.15, -0.1) is 0 Å². The number of carbonyl (C=O) groups is 1. The molecule has 150 valence electrons. The molecule has 0 radical (unpaired) electrons. The highest BCUT2D eigenvalue weighted by molar-refractivity contribution is 5.91. The van der Waals surface area contributed by atoms with Crippen molar-refractivity contribution in [3.63, 3.8) is 0 Å². The van der Waals surface area contributed by atoms with Gasteiger partial charge in [0.2, 0.25) is 0 Å². The van der Waals surface area contributed by atoms with Crippen LogP contribution in [-0.4, -0.2) is 5.97 Å². The van der Waals surface area contributed by atoms with Gasteiger partial charge in [0, 0.05) is 0 Å². The number of hydrogen-bond donors (Lipinski definition) is 0. The van der Waals surface area contributed by atoms with Crippen LogP contribution < -0.4 is 4.74 Å². The van der Waals surface area contributed by atoms with Crippen molar-refractivity contribution < 1.29 is 9.53 Å². The molecular weight excluding hydrogens is 356 g/mol. The average molecular weight is 387 g/mol. The molecule has 29 heavy (non-hydrogen) atoms. The van der Waals surface area contributed by atoms with E-state index in [1.165, 1.54) is 11.1 Å². The van der Waals surface area contributed by atoms with Crippen LogP contribution >= 0.6 is 0 Å². The smallest absolute Gasteiger partial charge is 0.343 e. The molecule has 0 aliphatic heterocycles. The standard InChI is InChI=1S/C27H30O2/c1-26(2,3)22-13-11-20(12-14-22)19-7-9-21(10-8-19)25(28)29-24-17-15-23(16-18-24)27(4,5)6/h7-18H,1-6H3. The third-order valence-electron chi connectivity index (χ3n) is 5.14. The van der Waals surface area contributed by atoms with Crippen molar-refractivity contribution in [2.45, 2.75) is 52.4 Å². The predicted molar refractivity (Wildman–Crippen MR) is 121 cm³/mol. The van der Waals surface area contributed by atoms with Crippen molar-refractivity contribution in [2.75, 3.05) is 0 Å². The Morgan fingerprint density at radius 2 is 0.966 bits per heavy atom. The van der Waals surface area contributed by atoms with Gasteiger partial charge in [-0.05, 0) is 57.3 Å². The first kappa shape index (κ1) is 20.9. The second-order valence-corrected chi connectivity index (χ2v) is 9.57. The van der Waals surface area contributed by atoms with Gasteiger partial charge in [-0.1, -0.05) is 90.1 Å². The van der Waals surface area contributed by atoms with Gasteiger partial charge >= 0.3 is 5.97 Å². The van der Waals surface area contributed by atoms with E-state index in [4.69, 9.17) is 4.74 Å². The molecule has 0 amide bonds. The summed E-state index contributed by atoms with van der Waals surface area (Å²) in [5.74, 6) is 0.216. The molecule has 0 unspecified atom stereocenters.